The molecule has 0 bridgehead atoms. The summed E-state index contributed by atoms with van der Waals surface area (Å²) in [6.45, 7) is -2.98. The number of carboxylic acids is 1. The number of benzene rings is 1. The van der Waals surface area contributed by atoms with Crippen LogP contribution in [0.3, 0.4) is 0 Å². The molecule has 1 aromatic carbocycles. The molecule has 1 N–H and O–H groups in total. The average molecular weight is 330 g/mol. The Morgan fingerprint density at radius 3 is 2.65 bits per heavy atom. The van der Waals surface area contributed by atoms with Crippen LogP contribution in [0, 0.1) is 0 Å². The summed E-state index contributed by atoms with van der Waals surface area (Å²) in [7, 11) is 0. The van der Waals surface area contributed by atoms with Crippen LogP contribution in [0.2, 0.25) is 5.02 Å². The first-order chi connectivity index (χ1) is 7.93. The molecule has 1 aromatic rings. The van der Waals surface area contributed by atoms with Crippen molar-refractivity contribution in [3.05, 3.63) is 28.3 Å². The second kappa shape index (κ2) is 6.16. The second-order valence-electron chi connectivity index (χ2n) is 3.12. The number of carboxylic acid groups (broad SMARTS) is 1. The molecule has 0 radical (unpaired) electrons. The fourth-order valence-electron chi connectivity index (χ4n) is 1.34. The van der Waals surface area contributed by atoms with Gasteiger partial charge in [0.1, 0.15) is 5.75 Å². The van der Waals surface area contributed by atoms with E-state index in [-0.39, 0.29) is 22.5 Å². The molecule has 94 valence electrons. The summed E-state index contributed by atoms with van der Waals surface area (Å²) < 4.78 is 28.6. The minimum absolute atomic E-state index is 0.111. The molecule has 0 aromatic heterocycles. The van der Waals surface area contributed by atoms with Crippen LogP contribution in [0.5, 0.6) is 5.75 Å². The van der Waals surface area contributed by atoms with E-state index < -0.39 is 12.6 Å². The summed E-state index contributed by atoms with van der Waals surface area (Å²) in [4.78, 5) is 10.6. The number of ether oxygens (including phenoxy) is 1. The minimum atomic E-state index is -2.98. The summed E-state index contributed by atoms with van der Waals surface area (Å²) in [6.07, 6.45) is -0.304. The predicted molar refractivity (Wildman–Crippen MR) is 62.1 cm³/mol. The van der Waals surface area contributed by atoms with Gasteiger partial charge in [0, 0.05) is 15.9 Å². The number of carbonyl (C=O) groups is 1. The smallest absolute Gasteiger partial charge is 0.387 e. The third-order valence-corrected chi connectivity index (χ3v) is 2.74. The third kappa shape index (κ3) is 4.12. The number of rotatable bonds is 5. The molecule has 1 rings (SSSR count). The van der Waals surface area contributed by atoms with E-state index in [1.165, 1.54) is 12.1 Å². The minimum Gasteiger partial charge on any atom is -0.481 e. The van der Waals surface area contributed by atoms with Gasteiger partial charge in [0.05, 0.1) is 6.42 Å². The van der Waals surface area contributed by atoms with Gasteiger partial charge in [-0.25, -0.2) is 0 Å². The van der Waals surface area contributed by atoms with Gasteiger partial charge in [-0.2, -0.15) is 8.78 Å². The Balaban J connectivity index is 3.19. The van der Waals surface area contributed by atoms with Crippen molar-refractivity contribution in [3.63, 3.8) is 0 Å². The van der Waals surface area contributed by atoms with Gasteiger partial charge < -0.3 is 9.84 Å². The van der Waals surface area contributed by atoms with Crippen LogP contribution in [0.25, 0.3) is 0 Å². The zero-order chi connectivity index (χ0) is 13.0. The van der Waals surface area contributed by atoms with E-state index in [2.05, 4.69) is 20.7 Å². The summed E-state index contributed by atoms with van der Waals surface area (Å²) in [5.74, 6) is -1.18. The van der Waals surface area contributed by atoms with E-state index in [1.807, 2.05) is 0 Å². The van der Waals surface area contributed by atoms with Crippen molar-refractivity contribution in [2.24, 2.45) is 0 Å². The molecular formula is C10H8BrClF2O3. The van der Waals surface area contributed by atoms with Gasteiger partial charge in [-0.3, -0.25) is 4.79 Å². The van der Waals surface area contributed by atoms with E-state index in [0.717, 1.165) is 0 Å². The van der Waals surface area contributed by atoms with Crippen molar-refractivity contribution in [2.75, 3.05) is 0 Å². The van der Waals surface area contributed by atoms with Crippen LogP contribution in [-0.2, 0) is 16.5 Å². The molecule has 0 saturated carbocycles. The molecule has 0 saturated heterocycles. The van der Waals surface area contributed by atoms with Gasteiger partial charge in [-0.1, -0.05) is 27.5 Å². The Hall–Kier alpha value is -0.880. The van der Waals surface area contributed by atoms with E-state index in [0.29, 0.717) is 11.1 Å². The predicted octanol–water partition coefficient (Wildman–Crippen LogP) is 3.46. The highest BCUT2D eigenvalue weighted by atomic mass is 79.9. The number of halogens is 4. The highest BCUT2D eigenvalue weighted by Crippen LogP contribution is 2.31. The van der Waals surface area contributed by atoms with Crippen LogP contribution >= 0.6 is 27.5 Å². The van der Waals surface area contributed by atoms with E-state index in [1.54, 1.807) is 0 Å². The van der Waals surface area contributed by atoms with Gasteiger partial charge in [-0.15, -0.1) is 0 Å². The fourth-order valence-corrected chi connectivity index (χ4v) is 2.21. The van der Waals surface area contributed by atoms with Crippen LogP contribution in [0.15, 0.2) is 12.1 Å². The summed E-state index contributed by atoms with van der Waals surface area (Å²) >= 11 is 8.82. The van der Waals surface area contributed by atoms with Crippen LogP contribution < -0.4 is 4.74 Å². The molecule has 0 heterocycles. The monoisotopic (exact) mass is 328 g/mol. The number of hydrogen-bond donors (Lipinski definition) is 1. The Morgan fingerprint density at radius 1 is 1.53 bits per heavy atom. The topological polar surface area (TPSA) is 46.5 Å². The Morgan fingerprint density at radius 2 is 2.18 bits per heavy atom. The lowest BCUT2D eigenvalue weighted by Gasteiger charge is -2.13. The maximum Gasteiger partial charge on any atom is 0.387 e. The Labute approximate surface area is 109 Å². The first-order valence-electron chi connectivity index (χ1n) is 4.48. The van der Waals surface area contributed by atoms with Crippen LogP contribution in [-0.4, -0.2) is 17.7 Å². The van der Waals surface area contributed by atoms with Crippen molar-refractivity contribution in [3.8, 4) is 5.75 Å². The highest BCUT2D eigenvalue weighted by Gasteiger charge is 2.16. The lowest BCUT2D eigenvalue weighted by Crippen LogP contribution is -2.08. The fraction of sp³-hybridized carbons (Fsp3) is 0.300. The van der Waals surface area contributed by atoms with Gasteiger partial charge in [-0.05, 0) is 17.7 Å². The zero-order valence-electron chi connectivity index (χ0n) is 8.42. The lowest BCUT2D eigenvalue weighted by molar-refractivity contribution is -0.136. The lowest BCUT2D eigenvalue weighted by atomic mass is 10.0. The van der Waals surface area contributed by atoms with Crippen LogP contribution in [0.4, 0.5) is 8.78 Å². The highest BCUT2D eigenvalue weighted by molar-refractivity contribution is 9.08. The van der Waals surface area contributed by atoms with Gasteiger partial charge >= 0.3 is 12.6 Å². The third-order valence-electron chi connectivity index (χ3n) is 1.96. The largest absolute Gasteiger partial charge is 0.481 e. The van der Waals surface area contributed by atoms with Gasteiger partial charge in [0.2, 0.25) is 0 Å². The molecule has 0 spiro atoms. The Kier molecular flexibility index (Phi) is 5.14. The average Bonchev–Trinajstić information content (AvgIpc) is 2.14. The van der Waals surface area contributed by atoms with Crippen molar-refractivity contribution in [2.45, 2.75) is 18.4 Å². The summed E-state index contributed by atoms with van der Waals surface area (Å²) in [6, 6.07) is 2.65. The number of aliphatic carboxylic acids is 1. The maximum absolute atomic E-state index is 12.2. The van der Waals surface area contributed by atoms with Crippen molar-refractivity contribution >= 4 is 33.5 Å². The standard InChI is InChI=1S/C10H8BrClF2O3/c11-4-7-5(2-9(15)16)1-6(12)3-8(7)17-10(13)14/h1,3,10H,2,4H2,(H,15,16). The first kappa shape index (κ1) is 14.2. The molecule has 0 aliphatic carbocycles. The van der Waals surface area contributed by atoms with Gasteiger partial charge in [0.15, 0.2) is 0 Å². The molecule has 7 heteroatoms. The Bertz CT molecular complexity index is 426. The van der Waals surface area contributed by atoms with Crippen LogP contribution in [0.1, 0.15) is 11.1 Å². The maximum atomic E-state index is 12.2. The van der Waals surface area contributed by atoms with E-state index in [4.69, 9.17) is 16.7 Å². The molecule has 3 nitrogen and oxygen atoms in total. The zero-order valence-corrected chi connectivity index (χ0v) is 10.8. The SMILES string of the molecule is O=C(O)Cc1cc(Cl)cc(OC(F)F)c1CBr. The molecule has 0 fully saturated rings. The normalized spacial score (nSPS) is 10.6. The molecule has 17 heavy (non-hydrogen) atoms. The number of alkyl halides is 3. The van der Waals surface area contributed by atoms with Crippen molar-refractivity contribution in [1.29, 1.82) is 0 Å². The second-order valence-corrected chi connectivity index (χ2v) is 4.12. The van der Waals surface area contributed by atoms with E-state index >= 15 is 0 Å². The number of hydrogen-bond acceptors (Lipinski definition) is 2. The van der Waals surface area contributed by atoms with E-state index in [9.17, 15) is 13.6 Å². The molecule has 0 atom stereocenters. The first-order valence-corrected chi connectivity index (χ1v) is 5.98. The summed E-state index contributed by atoms with van der Waals surface area (Å²) in [5.41, 5.74) is 0.703. The molecular weight excluding hydrogens is 321 g/mol. The van der Waals surface area contributed by atoms with Crippen molar-refractivity contribution in [1.82, 2.24) is 0 Å². The summed E-state index contributed by atoms with van der Waals surface area (Å²) in [5, 5.41) is 9.06. The van der Waals surface area contributed by atoms with Crippen molar-refractivity contribution < 1.29 is 23.4 Å². The van der Waals surface area contributed by atoms with Gasteiger partial charge in [0.25, 0.3) is 0 Å². The molecule has 0 aliphatic heterocycles. The molecule has 0 unspecified atom stereocenters. The molecule has 0 aliphatic rings. The molecule has 0 amide bonds. The quantitative estimate of drug-likeness (QED) is 0.842.